The van der Waals surface area contributed by atoms with E-state index in [1.807, 2.05) is 89.6 Å². The van der Waals surface area contributed by atoms with Gasteiger partial charge in [-0.15, -0.1) is 5.10 Å². The third kappa shape index (κ3) is 5.26. The van der Waals surface area contributed by atoms with Crippen LogP contribution in [0.25, 0.3) is 73.1 Å². The van der Waals surface area contributed by atoms with Crippen molar-refractivity contribution in [3.05, 3.63) is 158 Å². The minimum Gasteiger partial charge on any atom is -0.213 e. The van der Waals surface area contributed by atoms with E-state index in [4.69, 9.17) is 15.0 Å². The van der Waals surface area contributed by atoms with Gasteiger partial charge in [-0.3, -0.25) is 0 Å². The Morgan fingerprint density at radius 1 is 0.356 bits per heavy atom. The first-order valence-corrected chi connectivity index (χ1v) is 14.8. The smallest absolute Gasteiger partial charge is 0.164 e. The van der Waals surface area contributed by atoms with Gasteiger partial charge in [0, 0.05) is 16.7 Å². The van der Waals surface area contributed by atoms with Gasteiger partial charge in [-0.25, -0.2) is 19.6 Å². The van der Waals surface area contributed by atoms with Gasteiger partial charge in [0.05, 0.1) is 11.2 Å². The van der Waals surface area contributed by atoms with Crippen LogP contribution < -0.4 is 0 Å². The summed E-state index contributed by atoms with van der Waals surface area (Å²) in [5, 5.41) is 8.73. The molecule has 0 bridgehead atoms. The Hall–Kier alpha value is -6.27. The molecule has 0 atom stereocenters. The summed E-state index contributed by atoms with van der Waals surface area (Å²) in [7, 11) is 0. The molecule has 0 saturated carbocycles. The zero-order valence-corrected chi connectivity index (χ0v) is 24.2. The van der Waals surface area contributed by atoms with Crippen molar-refractivity contribution in [1.29, 1.82) is 0 Å². The largest absolute Gasteiger partial charge is 0.213 e. The van der Waals surface area contributed by atoms with E-state index in [0.717, 1.165) is 55.7 Å². The fraction of sp³-hybridized carbons (Fsp3) is 0. The lowest BCUT2D eigenvalue weighted by Crippen LogP contribution is -2.00. The zero-order valence-electron chi connectivity index (χ0n) is 24.2. The van der Waals surface area contributed by atoms with Gasteiger partial charge in [-0.1, -0.05) is 127 Å². The van der Waals surface area contributed by atoms with Crippen molar-refractivity contribution in [2.24, 2.45) is 0 Å². The normalized spacial score (nSPS) is 11.1. The highest BCUT2D eigenvalue weighted by molar-refractivity contribution is 5.79. The molecule has 6 nitrogen and oxygen atoms in total. The summed E-state index contributed by atoms with van der Waals surface area (Å²) >= 11 is 0. The monoisotopic (exact) mass is 578 g/mol. The lowest BCUT2D eigenvalue weighted by molar-refractivity contribution is 0.824. The molecule has 0 fully saturated rings. The second-order valence-corrected chi connectivity index (χ2v) is 10.7. The summed E-state index contributed by atoms with van der Waals surface area (Å²) in [6.07, 6.45) is 0. The van der Waals surface area contributed by atoms with Gasteiger partial charge in [0.15, 0.2) is 17.5 Å². The van der Waals surface area contributed by atoms with Crippen LogP contribution in [0.5, 0.6) is 0 Å². The third-order valence-electron chi connectivity index (χ3n) is 7.79. The topological polar surface area (TPSA) is 69.4 Å². The molecule has 0 aliphatic rings. The van der Waals surface area contributed by atoms with E-state index in [-0.39, 0.29) is 0 Å². The molecule has 8 aromatic rings. The Bertz CT molecular complexity index is 2220. The molecule has 2 aromatic heterocycles. The average molecular weight is 579 g/mol. The molecule has 8 rings (SSSR count). The number of fused-ring (bicyclic) bond motifs is 1. The maximum absolute atomic E-state index is 4.92. The van der Waals surface area contributed by atoms with Gasteiger partial charge >= 0.3 is 0 Å². The first-order chi connectivity index (χ1) is 22.3. The lowest BCUT2D eigenvalue weighted by atomic mass is 9.97. The van der Waals surface area contributed by atoms with Gasteiger partial charge in [-0.05, 0) is 58.7 Å². The van der Waals surface area contributed by atoms with Crippen LogP contribution in [0, 0.1) is 0 Å². The van der Waals surface area contributed by atoms with Gasteiger partial charge < -0.3 is 0 Å². The van der Waals surface area contributed by atoms with E-state index in [2.05, 4.69) is 83.1 Å². The number of benzene rings is 6. The molecule has 0 aliphatic heterocycles. The highest BCUT2D eigenvalue weighted by Crippen LogP contribution is 2.31. The van der Waals surface area contributed by atoms with Crippen LogP contribution in [0.3, 0.4) is 0 Å². The SMILES string of the molecule is c1ccc(-c2nc(-c3ccccc3)nc(-c3cccc(-c4cccc(-c5cccc(-n6nnc7ccccc76)c5)c4)c3)n2)cc1. The number of aromatic nitrogens is 6. The Morgan fingerprint density at radius 3 is 1.42 bits per heavy atom. The number of nitrogens with zero attached hydrogens (tertiary/aromatic N) is 6. The van der Waals surface area contributed by atoms with Crippen molar-refractivity contribution in [2.75, 3.05) is 0 Å². The number of hydrogen-bond acceptors (Lipinski definition) is 5. The van der Waals surface area contributed by atoms with Crippen molar-refractivity contribution in [2.45, 2.75) is 0 Å². The van der Waals surface area contributed by atoms with Gasteiger partial charge in [0.2, 0.25) is 0 Å². The molecule has 6 aromatic carbocycles. The Balaban J connectivity index is 1.17. The molecule has 45 heavy (non-hydrogen) atoms. The standard InChI is InChI=1S/C39H26N6/c1-3-12-27(13-4-1)37-40-38(28-14-5-2-6-15-28)42-39(41-37)33-20-10-18-31(25-33)29-16-9-17-30(24-29)32-19-11-21-34(26-32)45-36-23-8-7-22-35(36)43-44-45/h1-26H. The van der Waals surface area contributed by atoms with E-state index >= 15 is 0 Å². The zero-order chi connectivity index (χ0) is 30.0. The minimum absolute atomic E-state index is 0.633. The van der Waals surface area contributed by atoms with Gasteiger partial charge in [-0.2, -0.15) is 0 Å². The number of hydrogen-bond donors (Lipinski definition) is 0. The predicted molar refractivity (Wildman–Crippen MR) is 179 cm³/mol. The molecule has 0 N–H and O–H groups in total. The van der Waals surface area contributed by atoms with Crippen molar-refractivity contribution in [1.82, 2.24) is 29.9 Å². The summed E-state index contributed by atoms with van der Waals surface area (Å²) < 4.78 is 1.88. The van der Waals surface area contributed by atoms with Gasteiger partial charge in [0.25, 0.3) is 0 Å². The van der Waals surface area contributed by atoms with Crippen molar-refractivity contribution < 1.29 is 0 Å². The number of para-hydroxylation sites is 1. The third-order valence-corrected chi connectivity index (χ3v) is 7.79. The van der Waals surface area contributed by atoms with Crippen LogP contribution in [0.15, 0.2) is 158 Å². The second-order valence-electron chi connectivity index (χ2n) is 10.7. The summed E-state index contributed by atoms with van der Waals surface area (Å²) in [6.45, 7) is 0. The Labute approximate surface area is 260 Å². The van der Waals surface area contributed by atoms with E-state index in [1.165, 1.54) is 0 Å². The molecule has 2 heterocycles. The molecule has 0 radical (unpaired) electrons. The maximum Gasteiger partial charge on any atom is 0.164 e. The molecule has 212 valence electrons. The molecule has 0 unspecified atom stereocenters. The first-order valence-electron chi connectivity index (χ1n) is 14.8. The van der Waals surface area contributed by atoms with E-state index in [9.17, 15) is 0 Å². The summed E-state index contributed by atoms with van der Waals surface area (Å²) in [6, 6.07) is 53.4. The van der Waals surface area contributed by atoms with Crippen LogP contribution in [0.1, 0.15) is 0 Å². The fourth-order valence-electron chi connectivity index (χ4n) is 5.53. The molecule has 0 saturated heterocycles. The Kier molecular flexibility index (Phi) is 6.70. The first kappa shape index (κ1) is 26.4. The van der Waals surface area contributed by atoms with Crippen LogP contribution in [-0.4, -0.2) is 29.9 Å². The quantitative estimate of drug-likeness (QED) is 0.197. The van der Waals surface area contributed by atoms with E-state index in [0.29, 0.717) is 17.5 Å². The number of rotatable bonds is 6. The highest BCUT2D eigenvalue weighted by Gasteiger charge is 2.13. The van der Waals surface area contributed by atoms with Crippen LogP contribution in [0.4, 0.5) is 0 Å². The molecule has 6 heteroatoms. The molecule has 0 spiro atoms. The van der Waals surface area contributed by atoms with Crippen molar-refractivity contribution in [3.8, 4) is 62.1 Å². The molecular formula is C39H26N6. The minimum atomic E-state index is 0.633. The average Bonchev–Trinajstić information content (AvgIpc) is 3.57. The maximum atomic E-state index is 4.92. The molecular weight excluding hydrogens is 552 g/mol. The second kappa shape index (κ2) is 11.4. The lowest BCUT2D eigenvalue weighted by Gasteiger charge is -2.11. The molecule has 0 aliphatic carbocycles. The Morgan fingerprint density at radius 2 is 0.800 bits per heavy atom. The van der Waals surface area contributed by atoms with Gasteiger partial charge in [0.1, 0.15) is 5.52 Å². The summed E-state index contributed by atoms with van der Waals surface area (Å²) in [5.74, 6) is 1.92. The predicted octanol–water partition coefficient (Wildman–Crippen LogP) is 8.94. The summed E-state index contributed by atoms with van der Waals surface area (Å²) in [4.78, 5) is 14.7. The van der Waals surface area contributed by atoms with E-state index < -0.39 is 0 Å². The summed E-state index contributed by atoms with van der Waals surface area (Å²) in [5.41, 5.74) is 10.0. The van der Waals surface area contributed by atoms with Crippen LogP contribution in [0.2, 0.25) is 0 Å². The van der Waals surface area contributed by atoms with Crippen molar-refractivity contribution >= 4 is 11.0 Å². The van der Waals surface area contributed by atoms with Crippen molar-refractivity contribution in [3.63, 3.8) is 0 Å². The van der Waals surface area contributed by atoms with Crippen LogP contribution in [-0.2, 0) is 0 Å². The fourth-order valence-corrected chi connectivity index (χ4v) is 5.53. The van der Waals surface area contributed by atoms with E-state index in [1.54, 1.807) is 0 Å². The van der Waals surface area contributed by atoms with Crippen LogP contribution >= 0.6 is 0 Å². The molecule has 0 amide bonds. The highest BCUT2D eigenvalue weighted by atomic mass is 15.4.